The maximum Gasteiger partial charge on any atom is 0.293 e. The maximum absolute atomic E-state index is 12.2. The van der Waals surface area contributed by atoms with Crippen molar-refractivity contribution in [1.82, 2.24) is 5.32 Å². The summed E-state index contributed by atoms with van der Waals surface area (Å²) in [5, 5.41) is 14.5. The molecule has 1 N–H and O–H groups in total. The molecule has 1 aliphatic heterocycles. The molecule has 1 fully saturated rings. The smallest absolute Gasteiger partial charge is 0.293 e. The van der Waals surface area contributed by atoms with Crippen LogP contribution >= 0.6 is 0 Å². The van der Waals surface area contributed by atoms with E-state index in [2.05, 4.69) is 23.7 Å². The molecule has 3 rings (SSSR count). The lowest BCUT2D eigenvalue weighted by Gasteiger charge is -2.33. The number of carbonyl (C=O) groups is 1. The van der Waals surface area contributed by atoms with E-state index in [1.165, 1.54) is 12.8 Å². The quantitative estimate of drug-likeness (QED) is 0.516. The predicted octanol–water partition coefficient (Wildman–Crippen LogP) is 5.03. The Morgan fingerprint density at radius 3 is 2.47 bits per heavy atom. The van der Waals surface area contributed by atoms with Gasteiger partial charge in [-0.3, -0.25) is 14.9 Å². The van der Waals surface area contributed by atoms with Crippen LogP contribution in [-0.2, 0) is 0 Å². The van der Waals surface area contributed by atoms with Crippen LogP contribution in [0.3, 0.4) is 0 Å². The summed E-state index contributed by atoms with van der Waals surface area (Å²) in [6.07, 6.45) is 4.54. The van der Waals surface area contributed by atoms with E-state index in [4.69, 9.17) is 0 Å². The van der Waals surface area contributed by atoms with Crippen LogP contribution in [0, 0.1) is 16.0 Å². The van der Waals surface area contributed by atoms with Crippen molar-refractivity contribution >= 4 is 22.9 Å². The highest BCUT2D eigenvalue weighted by molar-refractivity contribution is 6.00. The summed E-state index contributed by atoms with van der Waals surface area (Å²) >= 11 is 0. The third-order valence-electron chi connectivity index (χ3n) is 5.90. The van der Waals surface area contributed by atoms with Gasteiger partial charge in [-0.2, -0.15) is 0 Å². The average Bonchev–Trinajstić information content (AvgIpc) is 2.78. The number of anilines is 1. The van der Waals surface area contributed by atoms with E-state index in [1.807, 2.05) is 24.3 Å². The Labute approximate surface area is 177 Å². The fourth-order valence-electron chi connectivity index (χ4n) is 4.23. The summed E-state index contributed by atoms with van der Waals surface area (Å²) in [4.78, 5) is 25.9. The molecule has 30 heavy (non-hydrogen) atoms. The summed E-state index contributed by atoms with van der Waals surface area (Å²) in [7, 11) is 1.57. The molecule has 0 aliphatic carbocycles. The van der Waals surface area contributed by atoms with Crippen molar-refractivity contribution in [2.45, 2.75) is 32.6 Å². The Hall–Kier alpha value is -3.15. The molecular weight excluding hydrogens is 378 g/mol. The zero-order chi connectivity index (χ0) is 21.7. The highest BCUT2D eigenvalue weighted by Gasteiger charge is 2.25. The van der Waals surface area contributed by atoms with Gasteiger partial charge in [0, 0.05) is 31.8 Å². The van der Waals surface area contributed by atoms with E-state index < -0.39 is 0 Å². The third kappa shape index (κ3) is 4.53. The summed E-state index contributed by atoms with van der Waals surface area (Å²) in [5.74, 6) is 0.499. The molecule has 2 aromatic carbocycles. The van der Waals surface area contributed by atoms with Crippen molar-refractivity contribution in [3.05, 3.63) is 75.8 Å². The van der Waals surface area contributed by atoms with Crippen molar-refractivity contribution in [3.63, 3.8) is 0 Å². The Bertz CT molecular complexity index is 946. The lowest BCUT2D eigenvalue weighted by molar-refractivity contribution is -0.384. The van der Waals surface area contributed by atoms with E-state index in [0.29, 0.717) is 33.9 Å². The Balaban J connectivity index is 1.90. The second-order valence-electron chi connectivity index (χ2n) is 7.78. The van der Waals surface area contributed by atoms with Gasteiger partial charge < -0.3 is 10.2 Å². The zero-order valence-corrected chi connectivity index (χ0v) is 17.7. The van der Waals surface area contributed by atoms with Crippen LogP contribution in [0.2, 0.25) is 0 Å². The molecule has 158 valence electrons. The number of nitro benzene ring substituents is 1. The molecule has 0 atom stereocenters. The molecule has 0 bridgehead atoms. The molecular formula is C24H29N3O3. The summed E-state index contributed by atoms with van der Waals surface area (Å²) in [5.41, 5.74) is 3.13. The first-order chi connectivity index (χ1) is 14.5. The molecule has 6 nitrogen and oxygen atoms in total. The Morgan fingerprint density at radius 1 is 1.20 bits per heavy atom. The first-order valence-corrected chi connectivity index (χ1v) is 10.5. The van der Waals surface area contributed by atoms with Gasteiger partial charge in [0.05, 0.1) is 4.92 Å². The van der Waals surface area contributed by atoms with Gasteiger partial charge in [-0.05, 0) is 47.6 Å². The second-order valence-corrected chi connectivity index (χ2v) is 7.78. The van der Waals surface area contributed by atoms with Crippen LogP contribution in [0.5, 0.6) is 0 Å². The van der Waals surface area contributed by atoms with Crippen molar-refractivity contribution in [1.29, 1.82) is 0 Å². The van der Waals surface area contributed by atoms with Gasteiger partial charge in [0.1, 0.15) is 5.69 Å². The van der Waals surface area contributed by atoms with Crippen LogP contribution in [0.4, 0.5) is 11.4 Å². The molecule has 0 unspecified atom stereocenters. The number of hydrogen-bond donors (Lipinski definition) is 1. The average molecular weight is 408 g/mol. The molecule has 0 radical (unpaired) electrons. The highest BCUT2D eigenvalue weighted by atomic mass is 16.6. The summed E-state index contributed by atoms with van der Waals surface area (Å²) in [6.45, 7) is 8.01. The molecule has 1 saturated heterocycles. The summed E-state index contributed by atoms with van der Waals surface area (Å²) < 4.78 is 0. The van der Waals surface area contributed by atoms with Gasteiger partial charge in [0.2, 0.25) is 0 Å². The molecule has 1 aliphatic rings. The topological polar surface area (TPSA) is 75.5 Å². The Morgan fingerprint density at radius 2 is 1.87 bits per heavy atom. The molecule has 0 saturated carbocycles. The van der Waals surface area contributed by atoms with Gasteiger partial charge in [-0.25, -0.2) is 0 Å². The molecule has 0 aromatic heterocycles. The first kappa shape index (κ1) is 21.6. The fraction of sp³-hybridized carbons (Fsp3) is 0.375. The standard InChI is InChI=1S/C24H29N3O3/c1-4-7-18-12-14-26(15-13-18)22-11-10-19(16-23(22)27(29)30)17(2)20-8-5-6-9-21(20)24(28)25-3/h5-6,8-11,16,18H,2,4,7,12-15H2,1,3H3,(H,25,28). The number of carbonyl (C=O) groups excluding carboxylic acids is 1. The second kappa shape index (κ2) is 9.57. The van der Waals surface area contributed by atoms with Crippen molar-refractivity contribution < 1.29 is 9.72 Å². The molecule has 1 heterocycles. The van der Waals surface area contributed by atoms with Gasteiger partial charge in [-0.1, -0.05) is 50.6 Å². The largest absolute Gasteiger partial charge is 0.366 e. The normalized spacial score (nSPS) is 14.4. The van der Waals surface area contributed by atoms with Gasteiger partial charge in [-0.15, -0.1) is 0 Å². The minimum Gasteiger partial charge on any atom is -0.366 e. The monoisotopic (exact) mass is 407 g/mol. The highest BCUT2D eigenvalue weighted by Crippen LogP contribution is 2.36. The third-order valence-corrected chi connectivity index (χ3v) is 5.90. The van der Waals surface area contributed by atoms with E-state index in [1.54, 1.807) is 25.2 Å². The molecule has 6 heteroatoms. The number of amides is 1. The van der Waals surface area contributed by atoms with Crippen molar-refractivity contribution in [3.8, 4) is 0 Å². The van der Waals surface area contributed by atoms with Gasteiger partial charge in [0.25, 0.3) is 11.6 Å². The van der Waals surface area contributed by atoms with E-state index >= 15 is 0 Å². The lowest BCUT2D eigenvalue weighted by atomic mass is 9.91. The first-order valence-electron chi connectivity index (χ1n) is 10.5. The van der Waals surface area contributed by atoms with Gasteiger partial charge in [0.15, 0.2) is 0 Å². The minimum atomic E-state index is -0.325. The van der Waals surface area contributed by atoms with Crippen LogP contribution in [0.25, 0.3) is 5.57 Å². The van der Waals surface area contributed by atoms with Crippen LogP contribution in [-0.4, -0.2) is 31.0 Å². The Kier molecular flexibility index (Phi) is 6.87. The van der Waals surface area contributed by atoms with E-state index in [0.717, 1.165) is 25.9 Å². The number of benzene rings is 2. The van der Waals surface area contributed by atoms with Crippen molar-refractivity contribution in [2.24, 2.45) is 5.92 Å². The molecule has 1 amide bonds. The SMILES string of the molecule is C=C(c1ccc(N2CCC(CCC)CC2)c([N+](=O)[O-])c1)c1ccccc1C(=O)NC. The van der Waals surface area contributed by atoms with Gasteiger partial charge >= 0.3 is 0 Å². The van der Waals surface area contributed by atoms with E-state index in [-0.39, 0.29) is 16.5 Å². The number of piperidine rings is 1. The zero-order valence-electron chi connectivity index (χ0n) is 17.7. The summed E-state index contributed by atoms with van der Waals surface area (Å²) in [6, 6.07) is 12.4. The molecule has 0 spiro atoms. The number of hydrogen-bond acceptors (Lipinski definition) is 4. The number of nitro groups is 1. The number of rotatable bonds is 7. The molecule has 2 aromatic rings. The van der Waals surface area contributed by atoms with Crippen molar-refractivity contribution in [2.75, 3.05) is 25.0 Å². The van der Waals surface area contributed by atoms with Crippen LogP contribution in [0.15, 0.2) is 49.0 Å². The number of nitrogens with one attached hydrogen (secondary N) is 1. The lowest BCUT2D eigenvalue weighted by Crippen LogP contribution is -2.34. The van der Waals surface area contributed by atoms with E-state index in [9.17, 15) is 14.9 Å². The fourth-order valence-corrected chi connectivity index (χ4v) is 4.23. The maximum atomic E-state index is 12.2. The van der Waals surface area contributed by atoms with Crippen LogP contribution < -0.4 is 10.2 Å². The predicted molar refractivity (Wildman–Crippen MR) is 121 cm³/mol. The number of nitrogens with zero attached hydrogens (tertiary/aromatic N) is 2. The van der Waals surface area contributed by atoms with Crippen LogP contribution in [0.1, 0.15) is 54.1 Å². The minimum absolute atomic E-state index is 0.0833.